The molecule has 0 amide bonds. The van der Waals surface area contributed by atoms with E-state index in [9.17, 15) is 14.9 Å². The van der Waals surface area contributed by atoms with Crippen molar-refractivity contribution in [3.8, 4) is 11.5 Å². The van der Waals surface area contributed by atoms with E-state index in [2.05, 4.69) is 0 Å². The molecule has 128 valence electrons. The minimum Gasteiger partial charge on any atom is -0.454 e. The average molecular weight is 347 g/mol. The highest BCUT2D eigenvalue weighted by atomic mass is 16.7. The number of carbonyl (C=O) groups excluding carboxylic acids is 1. The molecule has 0 bridgehead atoms. The molecule has 0 atom stereocenters. The van der Waals surface area contributed by atoms with Crippen molar-refractivity contribution in [1.29, 1.82) is 0 Å². The first-order chi connectivity index (χ1) is 12.6. The molecule has 3 aromatic carbocycles. The van der Waals surface area contributed by atoms with Crippen molar-refractivity contribution >= 4 is 28.3 Å². The number of fused-ring (bicyclic) bond motifs is 2. The van der Waals surface area contributed by atoms with Crippen LogP contribution in [0.2, 0.25) is 0 Å². The van der Waals surface area contributed by atoms with Crippen LogP contribution < -0.4 is 9.47 Å². The average Bonchev–Trinajstić information content (AvgIpc) is 3.12. The Morgan fingerprint density at radius 2 is 1.73 bits per heavy atom. The van der Waals surface area contributed by atoms with Crippen LogP contribution in [0.4, 0.5) is 5.69 Å². The fourth-order valence-electron chi connectivity index (χ4n) is 2.84. The second-order valence-corrected chi connectivity index (χ2v) is 5.78. The van der Waals surface area contributed by atoms with Crippen molar-refractivity contribution in [1.82, 2.24) is 0 Å². The minimum atomic E-state index is -0.512. The maximum Gasteiger partial charge on any atom is 0.280 e. The lowest BCUT2D eigenvalue weighted by Crippen LogP contribution is -1.95. The highest BCUT2D eigenvalue weighted by molar-refractivity contribution is 6.08. The third-order valence-corrected chi connectivity index (χ3v) is 4.17. The Bertz CT molecular complexity index is 1070. The number of hydrogen-bond acceptors (Lipinski definition) is 5. The predicted octanol–water partition coefficient (Wildman–Crippen LogP) is 4.37. The molecule has 0 aromatic heterocycles. The van der Waals surface area contributed by atoms with Gasteiger partial charge in [0.1, 0.15) is 0 Å². The smallest absolute Gasteiger partial charge is 0.280 e. The van der Waals surface area contributed by atoms with Crippen LogP contribution in [-0.4, -0.2) is 17.5 Å². The number of ketones is 1. The second kappa shape index (κ2) is 6.33. The van der Waals surface area contributed by atoms with Gasteiger partial charge in [0, 0.05) is 5.56 Å². The molecule has 0 spiro atoms. The summed E-state index contributed by atoms with van der Waals surface area (Å²) in [6.07, 6.45) is 2.76. The van der Waals surface area contributed by atoms with Gasteiger partial charge in [-0.1, -0.05) is 36.4 Å². The maximum absolute atomic E-state index is 12.5. The normalized spacial score (nSPS) is 12.6. The molecule has 4 rings (SSSR count). The van der Waals surface area contributed by atoms with E-state index < -0.39 is 4.92 Å². The molecule has 0 radical (unpaired) electrons. The van der Waals surface area contributed by atoms with Crippen molar-refractivity contribution < 1.29 is 19.2 Å². The van der Waals surface area contributed by atoms with Gasteiger partial charge in [0.15, 0.2) is 17.3 Å². The molecule has 1 aliphatic rings. The summed E-state index contributed by atoms with van der Waals surface area (Å²) in [5.74, 6) is 0.519. The third-order valence-electron chi connectivity index (χ3n) is 4.17. The van der Waals surface area contributed by atoms with Gasteiger partial charge in [-0.25, -0.2) is 0 Å². The molecule has 0 aliphatic carbocycles. The molecule has 0 saturated heterocycles. The maximum atomic E-state index is 12.5. The quantitative estimate of drug-likeness (QED) is 0.303. The fourth-order valence-corrected chi connectivity index (χ4v) is 2.84. The molecule has 6 heteroatoms. The Morgan fingerprint density at radius 3 is 2.50 bits per heavy atom. The summed E-state index contributed by atoms with van der Waals surface area (Å²) in [5, 5.41) is 13.3. The fraction of sp³-hybridized carbons (Fsp3) is 0.0500. The molecule has 6 nitrogen and oxygen atoms in total. The first kappa shape index (κ1) is 15.8. The van der Waals surface area contributed by atoms with Crippen molar-refractivity contribution in [2.75, 3.05) is 6.79 Å². The number of ether oxygens (including phenoxy) is 2. The molecule has 0 N–H and O–H groups in total. The Labute approximate surface area is 148 Å². The van der Waals surface area contributed by atoms with E-state index in [0.717, 1.165) is 10.8 Å². The number of nitro benzene ring substituents is 1. The molecule has 1 heterocycles. The number of hydrogen-bond donors (Lipinski definition) is 0. The molecule has 26 heavy (non-hydrogen) atoms. The van der Waals surface area contributed by atoms with Crippen LogP contribution in [0.25, 0.3) is 16.8 Å². The van der Waals surface area contributed by atoms with Gasteiger partial charge >= 0.3 is 0 Å². The largest absolute Gasteiger partial charge is 0.454 e. The van der Waals surface area contributed by atoms with Crippen LogP contribution in [0.1, 0.15) is 15.9 Å². The van der Waals surface area contributed by atoms with Gasteiger partial charge in [-0.15, -0.1) is 0 Å². The topological polar surface area (TPSA) is 78.7 Å². The summed E-state index contributed by atoms with van der Waals surface area (Å²) >= 11 is 0. The van der Waals surface area contributed by atoms with Crippen LogP contribution in [0.15, 0.2) is 60.7 Å². The molecule has 0 unspecified atom stereocenters. The number of nitrogens with zero attached hydrogens (tertiary/aromatic N) is 1. The van der Waals surface area contributed by atoms with Gasteiger partial charge in [0.25, 0.3) is 5.69 Å². The second-order valence-electron chi connectivity index (χ2n) is 5.78. The number of nitro groups is 1. The summed E-state index contributed by atoms with van der Waals surface area (Å²) < 4.78 is 10.4. The van der Waals surface area contributed by atoms with Crippen LogP contribution in [-0.2, 0) is 0 Å². The van der Waals surface area contributed by atoms with Gasteiger partial charge < -0.3 is 9.47 Å². The third kappa shape index (κ3) is 2.88. The lowest BCUT2D eigenvalue weighted by Gasteiger charge is -2.02. The van der Waals surface area contributed by atoms with Gasteiger partial charge in [-0.2, -0.15) is 0 Å². The summed E-state index contributed by atoms with van der Waals surface area (Å²) in [4.78, 5) is 23.2. The zero-order chi connectivity index (χ0) is 18.1. The van der Waals surface area contributed by atoms with Gasteiger partial charge in [0.2, 0.25) is 6.79 Å². The zero-order valence-corrected chi connectivity index (χ0v) is 13.5. The number of rotatable bonds is 4. The van der Waals surface area contributed by atoms with E-state index in [-0.39, 0.29) is 23.8 Å². The summed E-state index contributed by atoms with van der Waals surface area (Å²) in [7, 11) is 0. The SMILES string of the molecule is O=C(C=Cc1cc2c(cc1[N+](=O)[O-])OCO2)c1ccc2ccccc2c1. The molecule has 0 saturated carbocycles. The Balaban J connectivity index is 1.66. The summed E-state index contributed by atoms with van der Waals surface area (Å²) in [6.45, 7) is 0.0235. The standard InChI is InChI=1S/C20H13NO5/c22-18(16-6-5-13-3-1-2-4-14(13)9-16)8-7-15-10-19-20(26-12-25-19)11-17(15)21(23)24/h1-11H,12H2. The highest BCUT2D eigenvalue weighted by Crippen LogP contribution is 2.38. The van der Waals surface area contributed by atoms with E-state index in [1.807, 2.05) is 30.3 Å². The highest BCUT2D eigenvalue weighted by Gasteiger charge is 2.22. The van der Waals surface area contributed by atoms with Crippen molar-refractivity contribution in [2.24, 2.45) is 0 Å². The van der Waals surface area contributed by atoms with E-state index in [4.69, 9.17) is 9.47 Å². The number of carbonyl (C=O) groups is 1. The van der Waals surface area contributed by atoms with Crippen LogP contribution in [0.5, 0.6) is 11.5 Å². The first-order valence-corrected chi connectivity index (χ1v) is 7.91. The lowest BCUT2D eigenvalue weighted by atomic mass is 10.0. The Kier molecular flexibility index (Phi) is 3.85. The monoisotopic (exact) mass is 347 g/mol. The lowest BCUT2D eigenvalue weighted by molar-refractivity contribution is -0.385. The zero-order valence-electron chi connectivity index (χ0n) is 13.5. The first-order valence-electron chi connectivity index (χ1n) is 7.91. The predicted molar refractivity (Wildman–Crippen MR) is 96.5 cm³/mol. The van der Waals surface area contributed by atoms with E-state index in [1.165, 1.54) is 24.3 Å². The Hall–Kier alpha value is -3.67. The van der Waals surface area contributed by atoms with Crippen LogP contribution >= 0.6 is 0 Å². The van der Waals surface area contributed by atoms with Crippen LogP contribution in [0, 0.1) is 10.1 Å². The van der Waals surface area contributed by atoms with Crippen LogP contribution in [0.3, 0.4) is 0 Å². The van der Waals surface area contributed by atoms with Gasteiger partial charge in [0.05, 0.1) is 16.6 Å². The summed E-state index contributed by atoms with van der Waals surface area (Å²) in [5.41, 5.74) is 0.661. The Morgan fingerprint density at radius 1 is 1.00 bits per heavy atom. The van der Waals surface area contributed by atoms with E-state index >= 15 is 0 Å². The van der Waals surface area contributed by atoms with E-state index in [1.54, 1.807) is 12.1 Å². The van der Waals surface area contributed by atoms with Gasteiger partial charge in [-0.05, 0) is 35.1 Å². The molecule has 1 aliphatic heterocycles. The van der Waals surface area contributed by atoms with E-state index in [0.29, 0.717) is 17.1 Å². The molecule has 0 fully saturated rings. The minimum absolute atomic E-state index is 0.0235. The van der Waals surface area contributed by atoms with Crippen molar-refractivity contribution in [3.63, 3.8) is 0 Å². The number of allylic oxidation sites excluding steroid dienone is 1. The number of benzene rings is 3. The van der Waals surface area contributed by atoms with Gasteiger partial charge in [-0.3, -0.25) is 14.9 Å². The molecular formula is C20H13NO5. The summed E-state index contributed by atoms with van der Waals surface area (Å²) in [6, 6.07) is 16.0. The molecule has 3 aromatic rings. The van der Waals surface area contributed by atoms with Crippen molar-refractivity contribution in [2.45, 2.75) is 0 Å². The molecular weight excluding hydrogens is 334 g/mol. The van der Waals surface area contributed by atoms with Crippen molar-refractivity contribution in [3.05, 3.63) is 81.9 Å².